The van der Waals surface area contributed by atoms with Crippen LogP contribution in [0.1, 0.15) is 0 Å². The van der Waals surface area contributed by atoms with Gasteiger partial charge in [0, 0.05) is 7.05 Å². The van der Waals surface area contributed by atoms with Gasteiger partial charge in [-0.25, -0.2) is 18.4 Å². The maximum absolute atomic E-state index is 12.2. The molecule has 1 heterocycles. The Hall–Kier alpha value is -1.28. The average molecular weight is 334 g/mol. The maximum atomic E-state index is 12.2. The van der Waals surface area contributed by atoms with Gasteiger partial charge >= 0.3 is 0 Å². The van der Waals surface area contributed by atoms with E-state index in [1.165, 1.54) is 25.2 Å². The van der Waals surface area contributed by atoms with Crippen molar-refractivity contribution in [1.29, 1.82) is 0 Å². The zero-order chi connectivity index (χ0) is 14.9. The number of hydrogen-bond donors (Lipinski definition) is 0. The van der Waals surface area contributed by atoms with Crippen LogP contribution in [0.15, 0.2) is 23.1 Å². The number of aldehydes is 1. The van der Waals surface area contributed by atoms with E-state index in [0.29, 0.717) is 17.3 Å². The van der Waals surface area contributed by atoms with E-state index in [1.54, 1.807) is 0 Å². The molecule has 2 aromatic rings. The van der Waals surface area contributed by atoms with Gasteiger partial charge in [-0.05, 0) is 18.2 Å². The first-order valence-electron chi connectivity index (χ1n) is 5.39. The first kappa shape index (κ1) is 15.1. The van der Waals surface area contributed by atoms with Crippen LogP contribution in [0.5, 0.6) is 0 Å². The average Bonchev–Trinajstić information content (AvgIpc) is 2.39. The lowest BCUT2D eigenvalue weighted by Crippen LogP contribution is -2.28. The summed E-state index contributed by atoms with van der Waals surface area (Å²) in [6, 6.07) is 4.19. The highest BCUT2D eigenvalue weighted by Crippen LogP contribution is 2.24. The summed E-state index contributed by atoms with van der Waals surface area (Å²) in [4.78, 5) is 18.4. The molecule has 0 aliphatic carbocycles. The van der Waals surface area contributed by atoms with E-state index in [-0.39, 0.29) is 21.7 Å². The fraction of sp³-hybridized carbons (Fsp3) is 0.182. The molecule has 6 nitrogen and oxygen atoms in total. The van der Waals surface area contributed by atoms with Gasteiger partial charge in [0.2, 0.25) is 10.0 Å². The molecular formula is C11H9Cl2N3O3S. The number of likely N-dealkylation sites (N-methyl/N-ethyl adjacent to an activating group) is 1. The molecule has 1 aromatic carbocycles. The van der Waals surface area contributed by atoms with Gasteiger partial charge in [-0.1, -0.05) is 23.2 Å². The number of hydrogen-bond acceptors (Lipinski definition) is 5. The predicted octanol–water partition coefficient (Wildman–Crippen LogP) is 1.76. The Morgan fingerprint density at radius 1 is 1.20 bits per heavy atom. The molecule has 0 saturated heterocycles. The van der Waals surface area contributed by atoms with E-state index in [4.69, 9.17) is 23.2 Å². The number of sulfonamides is 1. The van der Waals surface area contributed by atoms with Gasteiger partial charge < -0.3 is 4.79 Å². The second kappa shape index (κ2) is 5.61. The standard InChI is InChI=1S/C11H9Cl2N3O3S/c1-16(4-5-17)20(18,19)7-2-3-8-9(6-7)15-11(13)10(12)14-8/h2-3,5-6H,4H2,1H3. The topological polar surface area (TPSA) is 80.2 Å². The number of benzene rings is 1. The normalized spacial score (nSPS) is 12.0. The van der Waals surface area contributed by atoms with Gasteiger partial charge in [-0.15, -0.1) is 0 Å². The summed E-state index contributed by atoms with van der Waals surface area (Å²) in [6.07, 6.45) is 0.509. The molecule has 2 rings (SSSR count). The van der Waals surface area contributed by atoms with Gasteiger partial charge in [0.05, 0.1) is 22.5 Å². The molecule has 0 aliphatic heterocycles. The largest absolute Gasteiger partial charge is 0.302 e. The maximum Gasteiger partial charge on any atom is 0.243 e. The number of aromatic nitrogens is 2. The molecule has 106 valence electrons. The van der Waals surface area contributed by atoms with Crippen LogP contribution in [0.4, 0.5) is 0 Å². The number of carbonyl (C=O) groups excluding carboxylic acids is 1. The summed E-state index contributed by atoms with van der Waals surface area (Å²) in [5.74, 6) is 0. The lowest BCUT2D eigenvalue weighted by Gasteiger charge is -2.14. The third kappa shape index (κ3) is 2.76. The first-order valence-corrected chi connectivity index (χ1v) is 7.58. The highest BCUT2D eigenvalue weighted by atomic mass is 35.5. The van der Waals surface area contributed by atoms with Crippen molar-refractivity contribution in [3.8, 4) is 0 Å². The zero-order valence-corrected chi connectivity index (χ0v) is 12.6. The van der Waals surface area contributed by atoms with Crippen LogP contribution in [0.3, 0.4) is 0 Å². The van der Waals surface area contributed by atoms with Crippen LogP contribution < -0.4 is 0 Å². The summed E-state index contributed by atoms with van der Waals surface area (Å²) in [6.45, 7) is -0.229. The van der Waals surface area contributed by atoms with Crippen molar-refractivity contribution in [1.82, 2.24) is 14.3 Å². The van der Waals surface area contributed by atoms with E-state index in [9.17, 15) is 13.2 Å². The Morgan fingerprint density at radius 3 is 2.40 bits per heavy atom. The Bertz CT molecular complexity index is 780. The lowest BCUT2D eigenvalue weighted by atomic mass is 10.3. The number of rotatable bonds is 4. The van der Waals surface area contributed by atoms with Crippen LogP contribution in [-0.4, -0.2) is 42.6 Å². The first-order chi connectivity index (χ1) is 9.36. The van der Waals surface area contributed by atoms with Crippen molar-refractivity contribution < 1.29 is 13.2 Å². The smallest absolute Gasteiger partial charge is 0.243 e. The van der Waals surface area contributed by atoms with Gasteiger partial charge in [0.25, 0.3) is 0 Å². The quantitative estimate of drug-likeness (QED) is 0.796. The second-order valence-electron chi connectivity index (χ2n) is 3.91. The fourth-order valence-corrected chi connectivity index (χ4v) is 2.92. The third-order valence-corrected chi connectivity index (χ3v) is 5.04. The van der Waals surface area contributed by atoms with Crippen molar-refractivity contribution >= 4 is 50.5 Å². The van der Waals surface area contributed by atoms with Crippen LogP contribution in [0.25, 0.3) is 11.0 Å². The summed E-state index contributed by atoms with van der Waals surface area (Å²) >= 11 is 11.5. The molecule has 0 bridgehead atoms. The molecular weight excluding hydrogens is 325 g/mol. The van der Waals surface area contributed by atoms with E-state index < -0.39 is 10.0 Å². The molecule has 0 spiro atoms. The minimum atomic E-state index is -3.76. The zero-order valence-electron chi connectivity index (χ0n) is 10.2. The lowest BCUT2D eigenvalue weighted by molar-refractivity contribution is -0.107. The monoisotopic (exact) mass is 333 g/mol. The van der Waals surface area contributed by atoms with Gasteiger partial charge in [-0.2, -0.15) is 4.31 Å². The molecule has 0 amide bonds. The molecule has 0 aliphatic rings. The number of carbonyl (C=O) groups is 1. The molecule has 9 heteroatoms. The van der Waals surface area contributed by atoms with Crippen molar-refractivity contribution in [2.45, 2.75) is 4.90 Å². The Morgan fingerprint density at radius 2 is 1.80 bits per heavy atom. The predicted molar refractivity (Wildman–Crippen MR) is 75.4 cm³/mol. The molecule has 0 N–H and O–H groups in total. The van der Waals surface area contributed by atoms with Gasteiger partial charge in [-0.3, -0.25) is 0 Å². The highest BCUT2D eigenvalue weighted by Gasteiger charge is 2.21. The van der Waals surface area contributed by atoms with E-state index in [2.05, 4.69) is 9.97 Å². The minimum Gasteiger partial charge on any atom is -0.302 e. The number of nitrogens with zero attached hydrogens (tertiary/aromatic N) is 3. The fourth-order valence-electron chi connectivity index (χ4n) is 1.53. The van der Waals surface area contributed by atoms with E-state index >= 15 is 0 Å². The Balaban J connectivity index is 2.57. The van der Waals surface area contributed by atoms with Crippen molar-refractivity contribution in [2.24, 2.45) is 0 Å². The van der Waals surface area contributed by atoms with Crippen LogP contribution in [-0.2, 0) is 14.8 Å². The molecule has 0 fully saturated rings. The highest BCUT2D eigenvalue weighted by molar-refractivity contribution is 7.89. The summed E-state index contributed by atoms with van der Waals surface area (Å²) in [7, 11) is -2.44. The Labute approximate surface area is 125 Å². The summed E-state index contributed by atoms with van der Waals surface area (Å²) in [5.41, 5.74) is 0.733. The molecule has 1 aromatic heterocycles. The van der Waals surface area contributed by atoms with E-state index in [1.807, 2.05) is 0 Å². The second-order valence-corrected chi connectivity index (χ2v) is 6.67. The number of fused-ring (bicyclic) bond motifs is 1. The third-order valence-electron chi connectivity index (χ3n) is 2.59. The Kier molecular flexibility index (Phi) is 4.24. The minimum absolute atomic E-state index is 0.00189. The summed E-state index contributed by atoms with van der Waals surface area (Å²) < 4.78 is 25.3. The molecule has 0 saturated carbocycles. The number of halogens is 2. The van der Waals surface area contributed by atoms with Gasteiger partial charge in [0.15, 0.2) is 10.3 Å². The van der Waals surface area contributed by atoms with Gasteiger partial charge in [0.1, 0.15) is 6.29 Å². The summed E-state index contributed by atoms with van der Waals surface area (Å²) in [5, 5.41) is 0.0443. The molecule has 0 atom stereocenters. The molecule has 0 radical (unpaired) electrons. The molecule has 20 heavy (non-hydrogen) atoms. The molecule has 0 unspecified atom stereocenters. The van der Waals surface area contributed by atoms with Crippen LogP contribution >= 0.6 is 23.2 Å². The van der Waals surface area contributed by atoms with Crippen LogP contribution in [0, 0.1) is 0 Å². The van der Waals surface area contributed by atoms with Crippen LogP contribution in [0.2, 0.25) is 10.3 Å². The van der Waals surface area contributed by atoms with E-state index in [0.717, 1.165) is 4.31 Å². The van der Waals surface area contributed by atoms with Crippen molar-refractivity contribution in [2.75, 3.05) is 13.6 Å². The SMILES string of the molecule is CN(CC=O)S(=O)(=O)c1ccc2nc(Cl)c(Cl)nc2c1. The van der Waals surface area contributed by atoms with Crippen molar-refractivity contribution in [3.05, 3.63) is 28.5 Å². The van der Waals surface area contributed by atoms with Crippen molar-refractivity contribution in [3.63, 3.8) is 0 Å².